The van der Waals surface area contributed by atoms with Crippen LogP contribution in [0.2, 0.25) is 0 Å². The first-order chi connectivity index (χ1) is 16.0. The molecule has 3 aromatic rings. The smallest absolute Gasteiger partial charge is 0.324 e. The van der Waals surface area contributed by atoms with Gasteiger partial charge in [0.05, 0.1) is 19.1 Å². The highest BCUT2D eigenvalue weighted by Crippen LogP contribution is 2.39. The molecule has 0 saturated carbocycles. The zero-order chi connectivity index (χ0) is 23.4. The monoisotopic (exact) mass is 485 g/mol. The van der Waals surface area contributed by atoms with E-state index in [1.165, 1.54) is 30.7 Å². The van der Waals surface area contributed by atoms with E-state index < -0.39 is 22.0 Å². The van der Waals surface area contributed by atoms with Gasteiger partial charge in [-0.3, -0.25) is 4.79 Å². The molecule has 0 spiro atoms. The Morgan fingerprint density at radius 1 is 1.06 bits per heavy atom. The minimum Gasteiger partial charge on any atom is -0.497 e. The lowest BCUT2D eigenvalue weighted by molar-refractivity contribution is -0.146. The van der Waals surface area contributed by atoms with Gasteiger partial charge in [-0.05, 0) is 66.1 Å². The first-order valence-electron chi connectivity index (χ1n) is 10.8. The van der Waals surface area contributed by atoms with Crippen LogP contribution >= 0.6 is 11.3 Å². The Balaban J connectivity index is 1.75. The first-order valence-corrected chi connectivity index (χ1v) is 13.1. The van der Waals surface area contributed by atoms with E-state index in [4.69, 9.17) is 9.47 Å². The highest BCUT2D eigenvalue weighted by atomic mass is 32.2. The Labute approximate surface area is 198 Å². The maximum atomic E-state index is 13.7. The fourth-order valence-corrected chi connectivity index (χ4v) is 7.00. The number of benzene rings is 2. The summed E-state index contributed by atoms with van der Waals surface area (Å²) in [6.45, 7) is 0.212. The second kappa shape index (κ2) is 10.1. The standard InChI is InChI=1S/C25H27NO5S2/c1-30-19-9-11-20(12-10-19)33(28,29)26-16-14-23-21(15-17-32-23)22(24(26)25(27)31-2)13-8-18-6-4-3-5-7-18/h3-7,9-12,15,17,22,24H,8,13-14,16H2,1-2H3/t22-,24+/m1/s1. The molecule has 0 amide bonds. The van der Waals surface area contributed by atoms with E-state index >= 15 is 0 Å². The number of hydrogen-bond acceptors (Lipinski definition) is 6. The van der Waals surface area contributed by atoms with Crippen molar-refractivity contribution in [1.82, 2.24) is 4.31 Å². The predicted molar refractivity (Wildman–Crippen MR) is 128 cm³/mol. The molecule has 2 heterocycles. The molecule has 2 atom stereocenters. The third-order valence-corrected chi connectivity index (χ3v) is 9.02. The van der Waals surface area contributed by atoms with Crippen molar-refractivity contribution >= 4 is 27.3 Å². The van der Waals surface area contributed by atoms with Crippen LogP contribution in [0.1, 0.15) is 28.3 Å². The van der Waals surface area contributed by atoms with Gasteiger partial charge in [-0.25, -0.2) is 8.42 Å². The Morgan fingerprint density at radius 2 is 1.79 bits per heavy atom. The number of esters is 1. The van der Waals surface area contributed by atoms with E-state index in [2.05, 4.69) is 0 Å². The van der Waals surface area contributed by atoms with E-state index in [0.717, 1.165) is 22.4 Å². The van der Waals surface area contributed by atoms with Gasteiger partial charge in [-0.1, -0.05) is 30.3 Å². The summed E-state index contributed by atoms with van der Waals surface area (Å²) in [7, 11) is -1.10. The van der Waals surface area contributed by atoms with Gasteiger partial charge in [0.1, 0.15) is 11.8 Å². The van der Waals surface area contributed by atoms with Gasteiger partial charge in [0.15, 0.2) is 0 Å². The van der Waals surface area contributed by atoms with Crippen LogP contribution in [0.25, 0.3) is 0 Å². The lowest BCUT2D eigenvalue weighted by atomic mass is 9.87. The van der Waals surface area contributed by atoms with Gasteiger partial charge in [0.25, 0.3) is 0 Å². The fraction of sp³-hybridized carbons (Fsp3) is 0.320. The maximum Gasteiger partial charge on any atom is 0.324 e. The van der Waals surface area contributed by atoms with E-state index in [1.54, 1.807) is 23.5 Å². The Bertz CT molecular complexity index is 1190. The van der Waals surface area contributed by atoms with Crippen molar-refractivity contribution in [1.29, 1.82) is 0 Å². The molecule has 0 saturated heterocycles. The molecule has 174 valence electrons. The van der Waals surface area contributed by atoms with Crippen LogP contribution in [0, 0.1) is 0 Å². The molecule has 6 nitrogen and oxygen atoms in total. The van der Waals surface area contributed by atoms with Crippen molar-refractivity contribution in [3.05, 3.63) is 82.0 Å². The minimum absolute atomic E-state index is 0.129. The van der Waals surface area contributed by atoms with Crippen molar-refractivity contribution in [2.24, 2.45) is 0 Å². The van der Waals surface area contributed by atoms with Gasteiger partial charge in [0.2, 0.25) is 10.0 Å². The molecule has 2 aromatic carbocycles. The molecular formula is C25H27NO5S2. The largest absolute Gasteiger partial charge is 0.497 e. The summed E-state index contributed by atoms with van der Waals surface area (Å²) in [4.78, 5) is 14.4. The number of ether oxygens (including phenoxy) is 2. The van der Waals surface area contributed by atoms with Crippen LogP contribution in [0.15, 0.2) is 70.9 Å². The van der Waals surface area contributed by atoms with Gasteiger partial charge in [-0.2, -0.15) is 4.31 Å². The summed E-state index contributed by atoms with van der Waals surface area (Å²) in [6, 6.07) is 17.4. The van der Waals surface area contributed by atoms with Crippen molar-refractivity contribution in [3.8, 4) is 5.75 Å². The van der Waals surface area contributed by atoms with E-state index in [-0.39, 0.29) is 17.4 Å². The summed E-state index contributed by atoms with van der Waals surface area (Å²) in [5.74, 6) is -0.282. The second-order valence-corrected chi connectivity index (χ2v) is 10.8. The zero-order valence-corrected chi connectivity index (χ0v) is 20.3. The number of rotatable bonds is 7. The average Bonchev–Trinajstić information content (AvgIpc) is 3.25. The summed E-state index contributed by atoms with van der Waals surface area (Å²) < 4.78 is 39.1. The number of methoxy groups -OCH3 is 2. The van der Waals surface area contributed by atoms with Gasteiger partial charge < -0.3 is 9.47 Å². The average molecular weight is 486 g/mol. The Kier molecular flexibility index (Phi) is 7.17. The first kappa shape index (κ1) is 23.5. The number of thiophene rings is 1. The number of carbonyl (C=O) groups is 1. The normalized spacial score (nSPS) is 18.8. The maximum absolute atomic E-state index is 13.7. The topological polar surface area (TPSA) is 72.9 Å². The molecule has 1 aliphatic heterocycles. The van der Waals surface area contributed by atoms with Crippen molar-refractivity contribution in [2.75, 3.05) is 20.8 Å². The summed E-state index contributed by atoms with van der Waals surface area (Å²) in [5, 5.41) is 2.02. The van der Waals surface area contributed by atoms with Crippen molar-refractivity contribution in [2.45, 2.75) is 36.1 Å². The Hall–Kier alpha value is -2.68. The SMILES string of the molecule is COC(=O)[C@@H]1[C@H](CCc2ccccc2)c2ccsc2CCN1S(=O)(=O)c1ccc(OC)cc1. The lowest BCUT2D eigenvalue weighted by Gasteiger charge is -2.32. The molecular weight excluding hydrogens is 458 g/mol. The molecule has 1 aromatic heterocycles. The number of sulfonamides is 1. The molecule has 0 N–H and O–H groups in total. The summed E-state index contributed by atoms with van der Waals surface area (Å²) in [6.07, 6.45) is 1.91. The number of carbonyl (C=O) groups excluding carboxylic acids is 1. The molecule has 0 unspecified atom stereocenters. The van der Waals surface area contributed by atoms with Gasteiger partial charge in [0, 0.05) is 17.3 Å². The minimum atomic E-state index is -3.94. The van der Waals surface area contributed by atoms with E-state index in [0.29, 0.717) is 18.6 Å². The number of hydrogen-bond donors (Lipinski definition) is 0. The van der Waals surface area contributed by atoms with E-state index in [9.17, 15) is 13.2 Å². The van der Waals surface area contributed by atoms with Gasteiger partial charge >= 0.3 is 5.97 Å². The molecule has 0 fully saturated rings. The van der Waals surface area contributed by atoms with E-state index in [1.807, 2.05) is 41.8 Å². The highest BCUT2D eigenvalue weighted by Gasteiger charge is 2.44. The third kappa shape index (κ3) is 4.83. The third-order valence-electron chi connectivity index (χ3n) is 6.13. The zero-order valence-electron chi connectivity index (χ0n) is 18.6. The summed E-state index contributed by atoms with van der Waals surface area (Å²) >= 11 is 1.61. The molecule has 33 heavy (non-hydrogen) atoms. The fourth-order valence-electron chi connectivity index (χ4n) is 4.44. The van der Waals surface area contributed by atoms with Crippen LogP contribution in [-0.2, 0) is 32.4 Å². The van der Waals surface area contributed by atoms with Crippen LogP contribution in [0.5, 0.6) is 5.75 Å². The number of nitrogens with zero attached hydrogens (tertiary/aromatic N) is 1. The van der Waals surface area contributed by atoms with Crippen molar-refractivity contribution in [3.63, 3.8) is 0 Å². The molecule has 8 heteroatoms. The van der Waals surface area contributed by atoms with Crippen LogP contribution < -0.4 is 4.74 Å². The molecule has 4 rings (SSSR count). The lowest BCUT2D eigenvalue weighted by Crippen LogP contribution is -2.48. The summed E-state index contributed by atoms with van der Waals surface area (Å²) in [5.41, 5.74) is 2.19. The number of aryl methyl sites for hydroxylation is 1. The second-order valence-electron chi connectivity index (χ2n) is 7.94. The van der Waals surface area contributed by atoms with Crippen molar-refractivity contribution < 1.29 is 22.7 Å². The molecule has 1 aliphatic rings. The molecule has 0 aliphatic carbocycles. The highest BCUT2D eigenvalue weighted by molar-refractivity contribution is 7.89. The van der Waals surface area contributed by atoms with Crippen LogP contribution in [0.4, 0.5) is 0 Å². The molecule has 0 radical (unpaired) electrons. The van der Waals surface area contributed by atoms with Crippen LogP contribution in [0.3, 0.4) is 0 Å². The Morgan fingerprint density at radius 3 is 2.45 bits per heavy atom. The quantitative estimate of drug-likeness (QED) is 0.468. The van der Waals surface area contributed by atoms with Gasteiger partial charge in [-0.15, -0.1) is 11.3 Å². The number of fused-ring (bicyclic) bond motifs is 1. The van der Waals surface area contributed by atoms with Crippen LogP contribution in [-0.4, -0.2) is 45.5 Å². The molecule has 0 bridgehead atoms. The predicted octanol–water partition coefficient (Wildman–Crippen LogP) is 4.26.